The van der Waals surface area contributed by atoms with Gasteiger partial charge in [0.2, 0.25) is 0 Å². The van der Waals surface area contributed by atoms with Gasteiger partial charge in [-0.15, -0.1) is 0 Å². The van der Waals surface area contributed by atoms with Crippen molar-refractivity contribution in [3.8, 4) is 5.75 Å². The fourth-order valence-corrected chi connectivity index (χ4v) is 4.12. The fraction of sp³-hybridized carbons (Fsp3) is 0.731. The summed E-state index contributed by atoms with van der Waals surface area (Å²) in [6.07, 6.45) is 20.3. The maximum Gasteiger partial charge on any atom is 0.303 e. The number of carboxylic acid groups (broad SMARTS) is 1. The fourth-order valence-electron chi connectivity index (χ4n) is 4.12. The molecule has 0 aromatic heterocycles. The molecular formula is C26H44O3. The minimum Gasteiger partial charge on any atom is -0.508 e. The van der Waals surface area contributed by atoms with Gasteiger partial charge >= 0.3 is 5.97 Å². The van der Waals surface area contributed by atoms with Crippen LogP contribution in [0.5, 0.6) is 5.75 Å². The molecule has 0 fully saturated rings. The van der Waals surface area contributed by atoms with Crippen molar-refractivity contribution in [3.63, 3.8) is 0 Å². The SMILES string of the molecule is CCCCCCCCCC(CCCCCCCCCC(=O)O)c1ccc(O)cc1. The maximum absolute atomic E-state index is 10.5. The highest BCUT2D eigenvalue weighted by Crippen LogP contribution is 2.30. The van der Waals surface area contributed by atoms with E-state index in [9.17, 15) is 9.90 Å². The number of phenolic OH excluding ortho intramolecular Hbond substituents is 1. The number of hydrogen-bond acceptors (Lipinski definition) is 2. The summed E-state index contributed by atoms with van der Waals surface area (Å²) in [6.45, 7) is 2.27. The molecule has 0 radical (unpaired) electrons. The number of aliphatic carboxylic acids is 1. The standard InChI is InChI=1S/C26H44O3/c1-2-3-4-5-7-10-13-16-23(24-19-21-25(27)22-20-24)17-14-11-8-6-9-12-15-18-26(28)29/h19-23,27H,2-18H2,1H3,(H,28,29). The van der Waals surface area contributed by atoms with Crippen molar-refractivity contribution in [2.24, 2.45) is 0 Å². The summed E-state index contributed by atoms with van der Waals surface area (Å²) in [7, 11) is 0. The summed E-state index contributed by atoms with van der Waals surface area (Å²) in [4.78, 5) is 10.5. The molecule has 1 rings (SSSR count). The maximum atomic E-state index is 10.5. The summed E-state index contributed by atoms with van der Waals surface area (Å²) in [5, 5.41) is 18.2. The van der Waals surface area contributed by atoms with E-state index in [2.05, 4.69) is 19.1 Å². The van der Waals surface area contributed by atoms with Crippen LogP contribution in [0, 0.1) is 0 Å². The molecular weight excluding hydrogens is 360 g/mol. The molecule has 0 aliphatic heterocycles. The lowest BCUT2D eigenvalue weighted by Crippen LogP contribution is -2.00. The first-order valence-corrected chi connectivity index (χ1v) is 12.1. The van der Waals surface area contributed by atoms with Crippen LogP contribution in [0.3, 0.4) is 0 Å². The Morgan fingerprint density at radius 1 is 0.724 bits per heavy atom. The number of rotatable bonds is 19. The Hall–Kier alpha value is -1.51. The van der Waals surface area contributed by atoms with Crippen LogP contribution in [0.2, 0.25) is 0 Å². The van der Waals surface area contributed by atoms with Gasteiger partial charge in [-0.2, -0.15) is 0 Å². The lowest BCUT2D eigenvalue weighted by Gasteiger charge is -2.18. The van der Waals surface area contributed by atoms with Crippen molar-refractivity contribution in [2.75, 3.05) is 0 Å². The topological polar surface area (TPSA) is 57.5 Å². The zero-order valence-corrected chi connectivity index (χ0v) is 18.7. The van der Waals surface area contributed by atoms with Gasteiger partial charge in [0, 0.05) is 6.42 Å². The molecule has 0 saturated carbocycles. The quantitative estimate of drug-likeness (QED) is 0.228. The summed E-state index contributed by atoms with van der Waals surface area (Å²) in [5.74, 6) is 0.291. The van der Waals surface area contributed by atoms with Crippen molar-refractivity contribution >= 4 is 5.97 Å². The van der Waals surface area contributed by atoms with Gasteiger partial charge in [-0.05, 0) is 42.9 Å². The van der Waals surface area contributed by atoms with E-state index in [0.29, 0.717) is 18.1 Å². The van der Waals surface area contributed by atoms with E-state index in [1.807, 2.05) is 12.1 Å². The Balaban J connectivity index is 2.23. The van der Waals surface area contributed by atoms with Crippen LogP contribution in [0.4, 0.5) is 0 Å². The van der Waals surface area contributed by atoms with Crippen LogP contribution in [0.25, 0.3) is 0 Å². The van der Waals surface area contributed by atoms with Gasteiger partial charge in [0.25, 0.3) is 0 Å². The second-order valence-corrected chi connectivity index (χ2v) is 8.61. The van der Waals surface area contributed by atoms with Crippen LogP contribution < -0.4 is 0 Å². The Labute approximate surface area is 178 Å². The molecule has 0 amide bonds. The largest absolute Gasteiger partial charge is 0.508 e. The van der Waals surface area contributed by atoms with Crippen LogP contribution in [-0.4, -0.2) is 16.2 Å². The monoisotopic (exact) mass is 404 g/mol. The molecule has 29 heavy (non-hydrogen) atoms. The molecule has 0 saturated heterocycles. The van der Waals surface area contributed by atoms with E-state index in [1.165, 1.54) is 89.0 Å². The zero-order chi connectivity index (χ0) is 21.2. The molecule has 2 N–H and O–H groups in total. The summed E-state index contributed by atoms with van der Waals surface area (Å²) in [5.41, 5.74) is 1.38. The van der Waals surface area contributed by atoms with Crippen LogP contribution in [-0.2, 0) is 4.79 Å². The Kier molecular flexibility index (Phi) is 15.3. The van der Waals surface area contributed by atoms with Gasteiger partial charge in [-0.25, -0.2) is 0 Å². The first kappa shape index (κ1) is 25.5. The Morgan fingerprint density at radius 3 is 1.66 bits per heavy atom. The van der Waals surface area contributed by atoms with Gasteiger partial charge in [0.05, 0.1) is 0 Å². The van der Waals surface area contributed by atoms with Gasteiger partial charge in [-0.1, -0.05) is 103 Å². The Morgan fingerprint density at radius 2 is 1.17 bits per heavy atom. The molecule has 1 aromatic carbocycles. The van der Waals surface area contributed by atoms with E-state index >= 15 is 0 Å². The third-order valence-corrected chi connectivity index (χ3v) is 5.96. The minimum absolute atomic E-state index is 0.312. The highest BCUT2D eigenvalue weighted by molar-refractivity contribution is 5.66. The predicted molar refractivity (Wildman–Crippen MR) is 123 cm³/mol. The second kappa shape index (κ2) is 17.4. The number of benzene rings is 1. The molecule has 0 bridgehead atoms. The van der Waals surface area contributed by atoms with Crippen molar-refractivity contribution in [1.29, 1.82) is 0 Å². The van der Waals surface area contributed by atoms with Crippen LogP contribution in [0.15, 0.2) is 24.3 Å². The van der Waals surface area contributed by atoms with Crippen LogP contribution >= 0.6 is 0 Å². The zero-order valence-electron chi connectivity index (χ0n) is 18.7. The van der Waals surface area contributed by atoms with E-state index in [-0.39, 0.29) is 0 Å². The lowest BCUT2D eigenvalue weighted by atomic mass is 9.88. The molecule has 0 spiro atoms. The van der Waals surface area contributed by atoms with Crippen molar-refractivity contribution < 1.29 is 15.0 Å². The number of phenols is 1. The minimum atomic E-state index is -0.675. The highest BCUT2D eigenvalue weighted by atomic mass is 16.4. The number of carbonyl (C=O) groups is 1. The third-order valence-electron chi connectivity index (χ3n) is 5.96. The highest BCUT2D eigenvalue weighted by Gasteiger charge is 2.11. The summed E-state index contributed by atoms with van der Waals surface area (Å²) >= 11 is 0. The van der Waals surface area contributed by atoms with E-state index in [4.69, 9.17) is 5.11 Å². The lowest BCUT2D eigenvalue weighted by molar-refractivity contribution is -0.137. The van der Waals surface area contributed by atoms with Crippen molar-refractivity contribution in [3.05, 3.63) is 29.8 Å². The average molecular weight is 405 g/mol. The summed E-state index contributed by atoms with van der Waals surface area (Å²) in [6, 6.07) is 7.85. The normalized spacial score (nSPS) is 12.2. The van der Waals surface area contributed by atoms with E-state index in [1.54, 1.807) is 0 Å². The third kappa shape index (κ3) is 14.2. The predicted octanol–water partition coefficient (Wildman–Crippen LogP) is 8.21. The van der Waals surface area contributed by atoms with Crippen molar-refractivity contribution in [2.45, 2.75) is 122 Å². The molecule has 0 heterocycles. The number of unbranched alkanes of at least 4 members (excludes halogenated alkanes) is 12. The van der Waals surface area contributed by atoms with Gasteiger partial charge < -0.3 is 10.2 Å². The van der Waals surface area contributed by atoms with E-state index in [0.717, 1.165) is 19.3 Å². The van der Waals surface area contributed by atoms with Crippen LogP contribution in [0.1, 0.15) is 128 Å². The molecule has 0 aliphatic rings. The number of hydrogen-bond donors (Lipinski definition) is 2. The molecule has 3 heteroatoms. The second-order valence-electron chi connectivity index (χ2n) is 8.61. The summed E-state index contributed by atoms with van der Waals surface area (Å²) < 4.78 is 0. The van der Waals surface area contributed by atoms with Gasteiger partial charge in [-0.3, -0.25) is 4.79 Å². The van der Waals surface area contributed by atoms with E-state index < -0.39 is 5.97 Å². The molecule has 166 valence electrons. The van der Waals surface area contributed by atoms with Gasteiger partial charge in [0.1, 0.15) is 5.75 Å². The molecule has 1 unspecified atom stereocenters. The van der Waals surface area contributed by atoms with Gasteiger partial charge in [0.15, 0.2) is 0 Å². The number of aromatic hydroxyl groups is 1. The van der Waals surface area contributed by atoms with Crippen molar-refractivity contribution in [1.82, 2.24) is 0 Å². The average Bonchev–Trinajstić information content (AvgIpc) is 2.70. The molecule has 0 aliphatic carbocycles. The molecule has 1 atom stereocenters. The Bertz CT molecular complexity index is 509. The first-order valence-electron chi connectivity index (χ1n) is 12.1. The molecule has 3 nitrogen and oxygen atoms in total. The smallest absolute Gasteiger partial charge is 0.303 e. The number of carboxylic acids is 1. The molecule has 1 aromatic rings. The first-order chi connectivity index (χ1) is 14.1.